The summed E-state index contributed by atoms with van der Waals surface area (Å²) >= 11 is 0. The lowest BCUT2D eigenvalue weighted by atomic mass is 9.81. The van der Waals surface area contributed by atoms with Crippen molar-refractivity contribution >= 4 is 23.5 Å². The van der Waals surface area contributed by atoms with Crippen molar-refractivity contribution < 1.29 is 28.3 Å². The molecule has 0 saturated heterocycles. The highest BCUT2D eigenvalue weighted by Crippen LogP contribution is 2.50. The van der Waals surface area contributed by atoms with Gasteiger partial charge in [0.25, 0.3) is 5.91 Å². The van der Waals surface area contributed by atoms with E-state index in [2.05, 4.69) is 0 Å². The Bertz CT molecular complexity index is 1090. The number of rotatable bonds is 6. The van der Waals surface area contributed by atoms with Crippen molar-refractivity contribution in [2.45, 2.75) is 51.1 Å². The Balaban J connectivity index is 1.76. The van der Waals surface area contributed by atoms with Crippen LogP contribution in [0.25, 0.3) is 0 Å². The number of para-hydroxylation sites is 1. The molecule has 1 fully saturated rings. The lowest BCUT2D eigenvalue weighted by Gasteiger charge is -2.47. The predicted molar refractivity (Wildman–Crippen MR) is 118 cm³/mol. The van der Waals surface area contributed by atoms with Crippen LogP contribution < -0.4 is 4.90 Å². The molecule has 1 saturated carbocycles. The molecule has 0 unspecified atom stereocenters. The molecule has 0 spiro atoms. The van der Waals surface area contributed by atoms with E-state index in [1.807, 2.05) is 25.1 Å². The number of carbonyl (C=O) groups excluding carboxylic acids is 2. The molecule has 2 aliphatic rings. The number of amides is 2. The van der Waals surface area contributed by atoms with Gasteiger partial charge in [0.2, 0.25) is 5.91 Å². The molecule has 0 aromatic heterocycles. The molecule has 2 amide bonds. The molecule has 1 N–H and O–H groups in total. The fourth-order valence-electron chi connectivity index (χ4n) is 5.34. The van der Waals surface area contributed by atoms with E-state index < -0.39 is 23.5 Å². The van der Waals surface area contributed by atoms with E-state index in [0.29, 0.717) is 12.2 Å². The fourth-order valence-corrected chi connectivity index (χ4v) is 5.34. The first-order valence-electron chi connectivity index (χ1n) is 11.2. The van der Waals surface area contributed by atoms with E-state index in [4.69, 9.17) is 5.11 Å². The Kier molecular flexibility index (Phi) is 6.44. The lowest BCUT2D eigenvalue weighted by Crippen LogP contribution is -2.52. The van der Waals surface area contributed by atoms with Crippen molar-refractivity contribution in [1.82, 2.24) is 4.90 Å². The quantitative estimate of drug-likeness (QED) is 0.692. The molecule has 6 nitrogen and oxygen atoms in total. The highest BCUT2D eigenvalue weighted by Gasteiger charge is 2.48. The van der Waals surface area contributed by atoms with E-state index in [9.17, 15) is 23.2 Å². The van der Waals surface area contributed by atoms with Gasteiger partial charge in [0, 0.05) is 36.2 Å². The summed E-state index contributed by atoms with van der Waals surface area (Å²) in [4.78, 5) is 40.9. The van der Waals surface area contributed by atoms with Gasteiger partial charge in [-0.15, -0.1) is 0 Å². The normalized spacial score (nSPS) is 21.3. The number of halogens is 2. The third-order valence-electron chi connectivity index (χ3n) is 6.72. The topological polar surface area (TPSA) is 77.9 Å². The van der Waals surface area contributed by atoms with Crippen LogP contribution in [-0.4, -0.2) is 40.4 Å². The average molecular weight is 456 g/mol. The van der Waals surface area contributed by atoms with Crippen molar-refractivity contribution in [3.05, 3.63) is 65.2 Å². The van der Waals surface area contributed by atoms with Crippen molar-refractivity contribution in [3.8, 4) is 0 Å². The molecule has 1 aliphatic carbocycles. The van der Waals surface area contributed by atoms with Gasteiger partial charge in [-0.1, -0.05) is 24.6 Å². The second-order valence-electron chi connectivity index (χ2n) is 8.54. The molecule has 1 heterocycles. The van der Waals surface area contributed by atoms with Crippen LogP contribution in [0.3, 0.4) is 0 Å². The van der Waals surface area contributed by atoms with E-state index in [1.54, 1.807) is 15.9 Å². The molecule has 3 atom stereocenters. The van der Waals surface area contributed by atoms with Gasteiger partial charge in [-0.25, -0.2) is 8.78 Å². The minimum atomic E-state index is -1.08. The summed E-state index contributed by atoms with van der Waals surface area (Å²) in [6.07, 6.45) is 2.07. The fraction of sp³-hybridized carbons (Fsp3) is 0.400. The predicted octanol–water partition coefficient (Wildman–Crippen LogP) is 4.55. The number of benzene rings is 2. The highest BCUT2D eigenvalue weighted by atomic mass is 19.2. The van der Waals surface area contributed by atoms with Gasteiger partial charge in [0.1, 0.15) is 0 Å². The number of carboxylic acid groups (broad SMARTS) is 1. The van der Waals surface area contributed by atoms with Crippen LogP contribution in [0, 0.1) is 17.6 Å². The molecule has 174 valence electrons. The number of fused-ring (bicyclic) bond motifs is 2. The summed E-state index contributed by atoms with van der Waals surface area (Å²) in [6.45, 7) is 2.28. The molecule has 2 aromatic rings. The average Bonchev–Trinajstić information content (AvgIpc) is 3.28. The summed E-state index contributed by atoms with van der Waals surface area (Å²) in [7, 11) is 0. The van der Waals surface area contributed by atoms with Crippen LogP contribution >= 0.6 is 0 Å². The van der Waals surface area contributed by atoms with Crippen LogP contribution in [0.1, 0.15) is 61.0 Å². The van der Waals surface area contributed by atoms with Gasteiger partial charge >= 0.3 is 5.97 Å². The van der Waals surface area contributed by atoms with Gasteiger partial charge in [-0.3, -0.25) is 14.4 Å². The third-order valence-corrected chi connectivity index (χ3v) is 6.72. The van der Waals surface area contributed by atoms with Gasteiger partial charge in [-0.05, 0) is 49.6 Å². The number of carboxylic acids is 1. The van der Waals surface area contributed by atoms with Crippen LogP contribution in [0.5, 0.6) is 0 Å². The first-order valence-corrected chi connectivity index (χ1v) is 11.2. The maximum Gasteiger partial charge on any atom is 0.303 e. The number of carbonyl (C=O) groups is 3. The first kappa shape index (κ1) is 22.9. The summed E-state index contributed by atoms with van der Waals surface area (Å²) in [5.74, 6) is -3.79. The molecule has 8 heteroatoms. The maximum atomic E-state index is 13.9. The van der Waals surface area contributed by atoms with Crippen molar-refractivity contribution in [3.63, 3.8) is 0 Å². The Morgan fingerprint density at radius 3 is 2.52 bits per heavy atom. The second-order valence-corrected chi connectivity index (χ2v) is 8.54. The van der Waals surface area contributed by atoms with Crippen molar-refractivity contribution in [2.75, 3.05) is 11.4 Å². The molecule has 4 rings (SSSR count). The summed E-state index contributed by atoms with van der Waals surface area (Å²) in [6, 6.07) is 10.0. The molecular formula is C25H26F2N2O4. The van der Waals surface area contributed by atoms with Crippen LogP contribution in [0.15, 0.2) is 42.5 Å². The van der Waals surface area contributed by atoms with Gasteiger partial charge < -0.3 is 14.9 Å². The van der Waals surface area contributed by atoms with Crippen molar-refractivity contribution in [1.29, 1.82) is 0 Å². The van der Waals surface area contributed by atoms with Crippen molar-refractivity contribution in [2.24, 2.45) is 5.92 Å². The molecule has 0 bridgehead atoms. The monoisotopic (exact) mass is 456 g/mol. The number of aliphatic carboxylic acids is 1. The van der Waals surface area contributed by atoms with Gasteiger partial charge in [0.15, 0.2) is 11.6 Å². The lowest BCUT2D eigenvalue weighted by molar-refractivity contribution is -0.142. The Hall–Kier alpha value is -3.29. The molecular weight excluding hydrogens is 430 g/mol. The van der Waals surface area contributed by atoms with Crippen LogP contribution in [0.2, 0.25) is 0 Å². The summed E-state index contributed by atoms with van der Waals surface area (Å²) in [5.41, 5.74) is 1.52. The smallest absolute Gasteiger partial charge is 0.303 e. The number of hydrogen-bond donors (Lipinski definition) is 1. The highest BCUT2D eigenvalue weighted by molar-refractivity contribution is 6.07. The zero-order valence-corrected chi connectivity index (χ0v) is 18.3. The molecule has 1 aliphatic heterocycles. The maximum absolute atomic E-state index is 13.9. The SMILES string of the molecule is CCN(C(=O)CCC(=O)O)[C@H]1c2ccccc2N(C(=O)c2ccc(F)c(F)c2)[C@@H]2CCC[C@@H]21. The Morgan fingerprint density at radius 1 is 1.06 bits per heavy atom. The Labute approximate surface area is 190 Å². The zero-order valence-electron chi connectivity index (χ0n) is 18.3. The number of hydrogen-bond acceptors (Lipinski definition) is 3. The molecule has 0 radical (unpaired) electrons. The molecule has 2 aromatic carbocycles. The van der Waals surface area contributed by atoms with E-state index in [-0.39, 0.29) is 42.3 Å². The summed E-state index contributed by atoms with van der Waals surface area (Å²) in [5, 5.41) is 9.01. The van der Waals surface area contributed by atoms with Crippen LogP contribution in [0.4, 0.5) is 14.5 Å². The van der Waals surface area contributed by atoms with E-state index >= 15 is 0 Å². The number of nitrogens with zero attached hydrogens (tertiary/aromatic N) is 2. The Morgan fingerprint density at radius 2 is 1.82 bits per heavy atom. The largest absolute Gasteiger partial charge is 0.481 e. The van der Waals surface area contributed by atoms with Crippen LogP contribution in [-0.2, 0) is 9.59 Å². The number of anilines is 1. The first-order chi connectivity index (χ1) is 15.8. The van der Waals surface area contributed by atoms with E-state index in [0.717, 1.165) is 37.0 Å². The van der Waals surface area contributed by atoms with Gasteiger partial charge in [0.05, 0.1) is 12.5 Å². The minimum absolute atomic E-state index is 0.0390. The van der Waals surface area contributed by atoms with E-state index in [1.165, 1.54) is 6.07 Å². The second kappa shape index (κ2) is 9.29. The zero-order chi connectivity index (χ0) is 23.7. The molecule has 33 heavy (non-hydrogen) atoms. The minimum Gasteiger partial charge on any atom is -0.481 e. The van der Waals surface area contributed by atoms with Gasteiger partial charge in [-0.2, -0.15) is 0 Å². The standard InChI is InChI=1S/C25H26F2N2O4/c1-2-28(22(30)12-13-23(31)32)24-16-6-3-4-8-20(16)29(21-9-5-7-17(21)24)25(33)15-10-11-18(26)19(27)14-15/h3-4,6,8,10-11,14,17,21,24H,2,5,7,9,12-13H2,1H3,(H,31,32)/t17-,21+,24-/m0/s1. The summed E-state index contributed by atoms with van der Waals surface area (Å²) < 4.78 is 27.3. The third kappa shape index (κ3) is 4.21.